The van der Waals surface area contributed by atoms with Gasteiger partial charge in [-0.1, -0.05) is 37.1 Å². The SMILES string of the molecule is O=C(CN1C(=O)NC2(CCc3ccccc3C2)C1=O)N1CCCCCC1. The number of aryl methyl sites for hydroxylation is 1. The highest BCUT2D eigenvalue weighted by molar-refractivity contribution is 6.09. The first kappa shape index (κ1) is 17.1. The molecule has 1 unspecified atom stereocenters. The number of likely N-dealkylation sites (tertiary alicyclic amines) is 1. The molecule has 4 amide bonds. The van der Waals surface area contributed by atoms with E-state index in [-0.39, 0.29) is 18.4 Å². The van der Waals surface area contributed by atoms with Gasteiger partial charge in [0.15, 0.2) is 0 Å². The molecule has 4 rings (SSSR count). The number of carbonyl (C=O) groups is 3. The lowest BCUT2D eigenvalue weighted by Crippen LogP contribution is -2.51. The summed E-state index contributed by atoms with van der Waals surface area (Å²) in [5.74, 6) is -0.371. The maximum Gasteiger partial charge on any atom is 0.325 e. The average Bonchev–Trinajstić information content (AvgIpc) is 2.85. The fraction of sp³-hybridized carbons (Fsp3) is 0.550. The van der Waals surface area contributed by atoms with E-state index in [9.17, 15) is 14.4 Å². The van der Waals surface area contributed by atoms with E-state index in [1.165, 1.54) is 5.56 Å². The Morgan fingerprint density at radius 2 is 1.73 bits per heavy atom. The largest absolute Gasteiger partial charge is 0.341 e. The fourth-order valence-electron chi connectivity index (χ4n) is 4.40. The molecule has 3 aliphatic rings. The van der Waals surface area contributed by atoms with E-state index in [0.29, 0.717) is 12.8 Å². The van der Waals surface area contributed by atoms with E-state index in [1.54, 1.807) is 4.90 Å². The first-order valence-corrected chi connectivity index (χ1v) is 9.58. The van der Waals surface area contributed by atoms with Crippen molar-refractivity contribution in [2.75, 3.05) is 19.6 Å². The minimum Gasteiger partial charge on any atom is -0.341 e. The quantitative estimate of drug-likeness (QED) is 0.824. The normalized spacial score (nSPS) is 25.8. The van der Waals surface area contributed by atoms with Gasteiger partial charge in [-0.05, 0) is 36.8 Å². The van der Waals surface area contributed by atoms with Gasteiger partial charge in [-0.15, -0.1) is 0 Å². The van der Waals surface area contributed by atoms with Crippen LogP contribution < -0.4 is 5.32 Å². The second-order valence-corrected chi connectivity index (χ2v) is 7.64. The lowest BCUT2D eigenvalue weighted by molar-refractivity contribution is -0.139. The van der Waals surface area contributed by atoms with Crippen LogP contribution in [0.3, 0.4) is 0 Å². The summed E-state index contributed by atoms with van der Waals surface area (Å²) in [6.07, 6.45) is 6.10. The number of amides is 4. The van der Waals surface area contributed by atoms with Crippen molar-refractivity contribution < 1.29 is 14.4 Å². The monoisotopic (exact) mass is 355 g/mol. The third kappa shape index (κ3) is 2.97. The molecule has 0 radical (unpaired) electrons. The van der Waals surface area contributed by atoms with Crippen LogP contribution in [0, 0.1) is 0 Å². The predicted octanol–water partition coefficient (Wildman–Crippen LogP) is 1.87. The molecule has 1 aromatic rings. The summed E-state index contributed by atoms with van der Waals surface area (Å²) in [5.41, 5.74) is 1.46. The van der Waals surface area contributed by atoms with Crippen LogP contribution in [-0.2, 0) is 22.4 Å². The van der Waals surface area contributed by atoms with Crippen LogP contribution in [0.15, 0.2) is 24.3 Å². The number of carbonyl (C=O) groups excluding carboxylic acids is 3. The summed E-state index contributed by atoms with van der Waals surface area (Å²) in [5, 5.41) is 2.90. The second kappa shape index (κ2) is 6.74. The van der Waals surface area contributed by atoms with Gasteiger partial charge in [0.1, 0.15) is 12.1 Å². The van der Waals surface area contributed by atoms with Crippen LogP contribution in [0.4, 0.5) is 4.79 Å². The Labute approximate surface area is 153 Å². The molecular weight excluding hydrogens is 330 g/mol. The third-order valence-electron chi connectivity index (χ3n) is 5.93. The maximum atomic E-state index is 13.1. The summed E-state index contributed by atoms with van der Waals surface area (Å²) in [6, 6.07) is 7.61. The molecule has 1 aromatic carbocycles. The van der Waals surface area contributed by atoms with Crippen LogP contribution in [0.25, 0.3) is 0 Å². The van der Waals surface area contributed by atoms with Crippen LogP contribution in [-0.4, -0.2) is 52.8 Å². The molecule has 6 nitrogen and oxygen atoms in total. The number of rotatable bonds is 2. The first-order chi connectivity index (χ1) is 12.6. The number of benzene rings is 1. The van der Waals surface area contributed by atoms with E-state index < -0.39 is 11.6 Å². The second-order valence-electron chi connectivity index (χ2n) is 7.64. The molecule has 1 atom stereocenters. The molecule has 0 aromatic heterocycles. The number of nitrogens with zero attached hydrogens (tertiary/aromatic N) is 2. The topological polar surface area (TPSA) is 69.7 Å². The van der Waals surface area contributed by atoms with Crippen molar-refractivity contribution in [3.8, 4) is 0 Å². The Kier molecular flexibility index (Phi) is 4.42. The van der Waals surface area contributed by atoms with Crippen molar-refractivity contribution in [3.05, 3.63) is 35.4 Å². The minimum atomic E-state index is -0.884. The van der Waals surface area contributed by atoms with Gasteiger partial charge in [0.05, 0.1) is 0 Å². The lowest BCUT2D eigenvalue weighted by atomic mass is 9.78. The van der Waals surface area contributed by atoms with Crippen LogP contribution in [0.5, 0.6) is 0 Å². The molecule has 1 N–H and O–H groups in total. The summed E-state index contributed by atoms with van der Waals surface area (Å²) >= 11 is 0. The highest BCUT2D eigenvalue weighted by atomic mass is 16.2. The van der Waals surface area contributed by atoms with E-state index in [4.69, 9.17) is 0 Å². The van der Waals surface area contributed by atoms with Gasteiger partial charge >= 0.3 is 6.03 Å². The number of hydrogen-bond acceptors (Lipinski definition) is 3. The Balaban J connectivity index is 1.48. The summed E-state index contributed by atoms with van der Waals surface area (Å²) < 4.78 is 0. The molecule has 138 valence electrons. The standard InChI is InChI=1S/C20H25N3O3/c24-17(22-11-5-1-2-6-12-22)14-23-18(25)20(21-19(23)26)10-9-15-7-3-4-8-16(15)13-20/h3-4,7-8H,1-2,5-6,9-14H2,(H,21,26). The molecule has 0 saturated carbocycles. The first-order valence-electron chi connectivity index (χ1n) is 9.58. The molecular formula is C20H25N3O3. The van der Waals surface area contributed by atoms with Crippen LogP contribution >= 0.6 is 0 Å². The number of urea groups is 1. The third-order valence-corrected chi connectivity index (χ3v) is 5.93. The number of imide groups is 1. The van der Waals surface area contributed by atoms with Crippen molar-refractivity contribution in [2.45, 2.75) is 50.5 Å². The summed E-state index contributed by atoms with van der Waals surface area (Å²) in [4.78, 5) is 41.1. The van der Waals surface area contributed by atoms with Crippen molar-refractivity contribution in [1.29, 1.82) is 0 Å². The van der Waals surface area contributed by atoms with Crippen molar-refractivity contribution in [3.63, 3.8) is 0 Å². The Hall–Kier alpha value is -2.37. The van der Waals surface area contributed by atoms with Gasteiger partial charge < -0.3 is 10.2 Å². The molecule has 1 aliphatic carbocycles. The molecule has 2 aliphatic heterocycles. The fourth-order valence-corrected chi connectivity index (χ4v) is 4.40. The molecule has 0 bridgehead atoms. The van der Waals surface area contributed by atoms with Gasteiger partial charge in [0.25, 0.3) is 5.91 Å². The average molecular weight is 355 g/mol. The van der Waals surface area contributed by atoms with Gasteiger partial charge in [0, 0.05) is 19.5 Å². The van der Waals surface area contributed by atoms with Crippen molar-refractivity contribution in [2.24, 2.45) is 0 Å². The van der Waals surface area contributed by atoms with Gasteiger partial charge in [-0.3, -0.25) is 14.5 Å². The van der Waals surface area contributed by atoms with E-state index in [1.807, 2.05) is 18.2 Å². The zero-order chi connectivity index (χ0) is 18.1. The Bertz CT molecular complexity index is 740. The van der Waals surface area contributed by atoms with E-state index in [2.05, 4.69) is 11.4 Å². The molecule has 1 spiro atoms. The highest BCUT2D eigenvalue weighted by Gasteiger charge is 2.52. The maximum absolute atomic E-state index is 13.1. The van der Waals surface area contributed by atoms with Gasteiger partial charge in [-0.2, -0.15) is 0 Å². The van der Waals surface area contributed by atoms with Crippen molar-refractivity contribution >= 4 is 17.8 Å². The minimum absolute atomic E-state index is 0.122. The smallest absolute Gasteiger partial charge is 0.325 e. The van der Waals surface area contributed by atoms with E-state index >= 15 is 0 Å². The van der Waals surface area contributed by atoms with Crippen LogP contribution in [0.1, 0.15) is 43.2 Å². The van der Waals surface area contributed by atoms with E-state index in [0.717, 1.165) is 55.7 Å². The summed E-state index contributed by atoms with van der Waals surface area (Å²) in [6.45, 7) is 1.30. The number of hydrogen-bond donors (Lipinski definition) is 1. The van der Waals surface area contributed by atoms with Gasteiger partial charge in [-0.25, -0.2) is 4.79 Å². The molecule has 2 fully saturated rings. The number of nitrogens with one attached hydrogen (secondary N) is 1. The predicted molar refractivity (Wildman–Crippen MR) is 96.5 cm³/mol. The molecule has 2 heterocycles. The molecule has 6 heteroatoms. The van der Waals surface area contributed by atoms with Crippen LogP contribution in [0.2, 0.25) is 0 Å². The lowest BCUT2D eigenvalue weighted by Gasteiger charge is -2.32. The number of fused-ring (bicyclic) bond motifs is 1. The molecule has 2 saturated heterocycles. The Morgan fingerprint density at radius 1 is 1.04 bits per heavy atom. The molecule has 26 heavy (non-hydrogen) atoms. The Morgan fingerprint density at radius 3 is 2.46 bits per heavy atom. The summed E-state index contributed by atoms with van der Waals surface area (Å²) in [7, 11) is 0. The van der Waals surface area contributed by atoms with Gasteiger partial charge in [0.2, 0.25) is 5.91 Å². The zero-order valence-electron chi connectivity index (χ0n) is 15.0. The zero-order valence-corrected chi connectivity index (χ0v) is 15.0. The highest BCUT2D eigenvalue weighted by Crippen LogP contribution is 2.33. The van der Waals surface area contributed by atoms with Crippen molar-refractivity contribution in [1.82, 2.24) is 15.1 Å².